The first-order valence-corrected chi connectivity index (χ1v) is 10.9. The molecule has 0 spiro atoms. The molecule has 10 heteroatoms. The highest BCUT2D eigenvalue weighted by Crippen LogP contribution is 2.27. The van der Waals surface area contributed by atoms with Gasteiger partial charge in [-0.25, -0.2) is 15.0 Å². The largest absolute Gasteiger partial charge is 0.344 e. The smallest absolute Gasteiger partial charge is 0.290 e. The van der Waals surface area contributed by atoms with Crippen LogP contribution in [0, 0.1) is 6.92 Å². The van der Waals surface area contributed by atoms with E-state index in [2.05, 4.69) is 25.3 Å². The molecule has 1 aromatic carbocycles. The van der Waals surface area contributed by atoms with Crippen LogP contribution in [0.25, 0.3) is 10.3 Å². The average molecular weight is 436 g/mol. The zero-order chi connectivity index (χ0) is 21.4. The van der Waals surface area contributed by atoms with Gasteiger partial charge in [-0.05, 0) is 31.2 Å². The van der Waals surface area contributed by atoms with Crippen LogP contribution in [0.15, 0.2) is 47.6 Å². The van der Waals surface area contributed by atoms with E-state index in [-0.39, 0.29) is 24.2 Å². The minimum absolute atomic E-state index is 0.0549. The monoisotopic (exact) mass is 435 g/mol. The summed E-state index contributed by atoms with van der Waals surface area (Å²) in [4.78, 5) is 43.4. The van der Waals surface area contributed by atoms with Gasteiger partial charge in [-0.15, -0.1) is 0 Å². The number of nitrogens with zero attached hydrogens (tertiary/aromatic N) is 6. The van der Waals surface area contributed by atoms with E-state index in [0.717, 1.165) is 21.0 Å². The van der Waals surface area contributed by atoms with E-state index >= 15 is 0 Å². The van der Waals surface area contributed by atoms with Gasteiger partial charge in [0.25, 0.3) is 11.8 Å². The topological polar surface area (TPSA) is 94.0 Å². The third kappa shape index (κ3) is 3.81. The van der Waals surface area contributed by atoms with Gasteiger partial charge >= 0.3 is 0 Å². The molecule has 158 valence electrons. The fourth-order valence-electron chi connectivity index (χ4n) is 3.58. The number of aromatic nitrogens is 2. The van der Waals surface area contributed by atoms with Gasteiger partial charge in [-0.2, -0.15) is 0 Å². The van der Waals surface area contributed by atoms with Crippen LogP contribution in [-0.4, -0.2) is 65.2 Å². The average Bonchev–Trinajstić information content (AvgIpc) is 3.24. The summed E-state index contributed by atoms with van der Waals surface area (Å²) in [6.07, 6.45) is 1.77. The molecule has 31 heavy (non-hydrogen) atoms. The molecule has 1 N–H and O–H groups in total. The van der Waals surface area contributed by atoms with Crippen molar-refractivity contribution in [3.05, 3.63) is 48.2 Å². The molecule has 1 fully saturated rings. The SMILES string of the molecule is Cc1ccc(N2NC(C(=O)N3CCN(c4nc5cccnc5s4)CC3)=NCC2=O)cc1. The van der Waals surface area contributed by atoms with E-state index in [1.807, 2.05) is 43.3 Å². The van der Waals surface area contributed by atoms with Crippen molar-refractivity contribution in [1.29, 1.82) is 0 Å². The Balaban J connectivity index is 1.24. The lowest BCUT2D eigenvalue weighted by Crippen LogP contribution is -2.58. The number of amidine groups is 1. The van der Waals surface area contributed by atoms with Gasteiger partial charge in [0.15, 0.2) is 5.13 Å². The van der Waals surface area contributed by atoms with Crippen molar-refractivity contribution in [2.45, 2.75) is 6.92 Å². The van der Waals surface area contributed by atoms with E-state index in [1.54, 1.807) is 22.4 Å². The van der Waals surface area contributed by atoms with E-state index < -0.39 is 0 Å². The van der Waals surface area contributed by atoms with Crippen molar-refractivity contribution >= 4 is 50.2 Å². The molecule has 1 saturated heterocycles. The summed E-state index contributed by atoms with van der Waals surface area (Å²) in [7, 11) is 0. The summed E-state index contributed by atoms with van der Waals surface area (Å²) >= 11 is 1.56. The second kappa shape index (κ2) is 7.95. The Labute approximate surface area is 183 Å². The van der Waals surface area contributed by atoms with Crippen molar-refractivity contribution in [2.75, 3.05) is 42.6 Å². The second-order valence-electron chi connectivity index (χ2n) is 7.44. The van der Waals surface area contributed by atoms with Gasteiger partial charge in [-0.1, -0.05) is 29.0 Å². The van der Waals surface area contributed by atoms with Crippen LogP contribution in [0.4, 0.5) is 10.8 Å². The van der Waals surface area contributed by atoms with Gasteiger partial charge in [-0.3, -0.25) is 20.0 Å². The maximum Gasteiger partial charge on any atom is 0.290 e. The number of hydrazine groups is 1. The number of aliphatic imine (C=N–C) groups is 1. The van der Waals surface area contributed by atoms with Crippen LogP contribution in [-0.2, 0) is 9.59 Å². The van der Waals surface area contributed by atoms with Crippen LogP contribution < -0.4 is 15.3 Å². The molecule has 2 amide bonds. The molecule has 0 aliphatic carbocycles. The van der Waals surface area contributed by atoms with E-state index in [9.17, 15) is 9.59 Å². The Morgan fingerprint density at radius 1 is 1.10 bits per heavy atom. The summed E-state index contributed by atoms with van der Waals surface area (Å²) in [5.74, 6) is -0.206. The Morgan fingerprint density at radius 2 is 1.87 bits per heavy atom. The summed E-state index contributed by atoms with van der Waals surface area (Å²) in [6.45, 7) is 4.40. The second-order valence-corrected chi connectivity index (χ2v) is 8.40. The molecular weight excluding hydrogens is 414 g/mol. The highest BCUT2D eigenvalue weighted by molar-refractivity contribution is 7.21. The normalized spacial score (nSPS) is 17.0. The zero-order valence-electron chi connectivity index (χ0n) is 17.0. The Bertz CT molecular complexity index is 1130. The van der Waals surface area contributed by atoms with Crippen molar-refractivity contribution in [3.8, 4) is 0 Å². The van der Waals surface area contributed by atoms with E-state index in [4.69, 9.17) is 0 Å². The maximum absolute atomic E-state index is 13.0. The fraction of sp³-hybridized carbons (Fsp3) is 0.286. The lowest BCUT2D eigenvalue weighted by atomic mass is 10.2. The molecule has 5 rings (SSSR count). The quantitative estimate of drug-likeness (QED) is 0.672. The number of fused-ring (bicyclic) bond motifs is 1. The standard InChI is InChI=1S/C21H21N7O2S/c1-14-4-6-15(7-5-14)28-17(29)13-23-18(25-28)20(30)26-9-11-27(12-10-26)21-24-16-3-2-8-22-19(16)31-21/h2-8H,9-13H2,1H3,(H,23,25). The molecule has 0 atom stereocenters. The molecule has 9 nitrogen and oxygen atoms in total. The first-order valence-electron chi connectivity index (χ1n) is 10.0. The van der Waals surface area contributed by atoms with Crippen LogP contribution in [0.5, 0.6) is 0 Å². The summed E-state index contributed by atoms with van der Waals surface area (Å²) < 4.78 is 0. The van der Waals surface area contributed by atoms with Crippen LogP contribution in [0.2, 0.25) is 0 Å². The molecule has 0 bridgehead atoms. The van der Waals surface area contributed by atoms with Crippen molar-refractivity contribution in [1.82, 2.24) is 20.3 Å². The number of piperazine rings is 1. The van der Waals surface area contributed by atoms with Crippen LogP contribution in [0.1, 0.15) is 5.56 Å². The van der Waals surface area contributed by atoms with Crippen LogP contribution >= 0.6 is 11.3 Å². The Kier molecular flexibility index (Phi) is 4.99. The summed E-state index contributed by atoms with van der Waals surface area (Å²) in [5, 5.41) is 2.31. The number of benzene rings is 1. The number of carbonyl (C=O) groups excluding carboxylic acids is 2. The summed E-state index contributed by atoms with van der Waals surface area (Å²) in [6, 6.07) is 11.4. The molecule has 4 heterocycles. The third-order valence-corrected chi connectivity index (χ3v) is 6.37. The van der Waals surface area contributed by atoms with Gasteiger partial charge in [0, 0.05) is 32.4 Å². The fourth-order valence-corrected chi connectivity index (χ4v) is 4.54. The minimum Gasteiger partial charge on any atom is -0.344 e. The number of hydrogen-bond donors (Lipinski definition) is 1. The lowest BCUT2D eigenvalue weighted by molar-refractivity contribution is -0.124. The number of rotatable bonds is 3. The van der Waals surface area contributed by atoms with E-state index in [1.165, 1.54) is 5.01 Å². The van der Waals surface area contributed by atoms with E-state index in [0.29, 0.717) is 31.9 Å². The molecule has 2 aromatic heterocycles. The molecular formula is C21H21N7O2S. The first kappa shape index (κ1) is 19.4. The number of nitrogens with one attached hydrogen (secondary N) is 1. The molecule has 0 unspecified atom stereocenters. The molecule has 2 aliphatic heterocycles. The first-order chi connectivity index (χ1) is 15.1. The predicted molar refractivity (Wildman–Crippen MR) is 120 cm³/mol. The number of carbonyl (C=O) groups is 2. The molecule has 2 aliphatic rings. The lowest BCUT2D eigenvalue weighted by Gasteiger charge is -2.36. The Hall–Kier alpha value is -3.53. The maximum atomic E-state index is 13.0. The number of aryl methyl sites for hydroxylation is 1. The van der Waals surface area contributed by atoms with Gasteiger partial charge in [0.1, 0.15) is 16.9 Å². The number of pyridine rings is 1. The highest BCUT2D eigenvalue weighted by Gasteiger charge is 2.30. The minimum atomic E-state index is -0.199. The highest BCUT2D eigenvalue weighted by atomic mass is 32.1. The molecule has 0 radical (unpaired) electrons. The Morgan fingerprint density at radius 3 is 2.61 bits per heavy atom. The van der Waals surface area contributed by atoms with Crippen LogP contribution in [0.3, 0.4) is 0 Å². The number of hydrogen-bond acceptors (Lipinski definition) is 8. The number of amides is 2. The molecule has 3 aromatic rings. The number of anilines is 2. The third-order valence-electron chi connectivity index (χ3n) is 5.33. The van der Waals surface area contributed by atoms with Crippen molar-refractivity contribution in [3.63, 3.8) is 0 Å². The zero-order valence-corrected chi connectivity index (χ0v) is 17.8. The van der Waals surface area contributed by atoms with Gasteiger partial charge < -0.3 is 9.80 Å². The van der Waals surface area contributed by atoms with Crippen molar-refractivity contribution < 1.29 is 9.59 Å². The summed E-state index contributed by atoms with van der Waals surface area (Å²) in [5.41, 5.74) is 5.58. The predicted octanol–water partition coefficient (Wildman–Crippen LogP) is 1.60. The van der Waals surface area contributed by atoms with Crippen molar-refractivity contribution in [2.24, 2.45) is 4.99 Å². The van der Waals surface area contributed by atoms with Gasteiger partial charge in [0.05, 0.1) is 5.69 Å². The molecule has 0 saturated carbocycles. The number of thiazole rings is 1. The van der Waals surface area contributed by atoms with Gasteiger partial charge in [0.2, 0.25) is 5.84 Å².